The Bertz CT molecular complexity index is 1050. The molecule has 3 N–H and O–H groups in total. The van der Waals surface area contributed by atoms with E-state index in [1.54, 1.807) is 13.2 Å². The molecule has 0 radical (unpaired) electrons. The van der Waals surface area contributed by atoms with Crippen molar-refractivity contribution in [2.45, 2.75) is 37.6 Å². The van der Waals surface area contributed by atoms with E-state index in [2.05, 4.69) is 10.6 Å². The van der Waals surface area contributed by atoms with Crippen molar-refractivity contribution in [3.05, 3.63) is 64.2 Å². The van der Waals surface area contributed by atoms with Crippen LogP contribution in [0.1, 0.15) is 27.8 Å². The van der Waals surface area contributed by atoms with Crippen LogP contribution in [0.5, 0.6) is 0 Å². The number of benzene rings is 2. The Kier molecular flexibility index (Phi) is 8.88. The Morgan fingerprint density at radius 2 is 1.42 bits per heavy atom. The summed E-state index contributed by atoms with van der Waals surface area (Å²) in [6, 6.07) is 3.49. The Morgan fingerprint density at radius 1 is 0.889 bits per heavy atom. The molecule has 0 spiro atoms. The highest BCUT2D eigenvalue weighted by Gasteiger charge is 2.56. The molecule has 0 saturated carbocycles. The van der Waals surface area contributed by atoms with E-state index in [1.165, 1.54) is 30.0 Å². The van der Waals surface area contributed by atoms with Gasteiger partial charge in [-0.05, 0) is 60.2 Å². The first-order valence-electron chi connectivity index (χ1n) is 10.1. The molecule has 0 fully saturated rings. The molecule has 14 heteroatoms. The number of thioether (sulfide) groups is 1. The number of rotatable bonds is 8. The molecule has 200 valence electrons. The van der Waals surface area contributed by atoms with Crippen molar-refractivity contribution in [3.63, 3.8) is 0 Å². The van der Waals surface area contributed by atoms with Crippen LogP contribution >= 0.6 is 11.8 Å². The molecule has 1 amide bonds. The second-order valence-corrected chi connectivity index (χ2v) is 8.72. The van der Waals surface area contributed by atoms with Gasteiger partial charge in [-0.2, -0.15) is 51.3 Å². The van der Waals surface area contributed by atoms with E-state index >= 15 is 0 Å². The van der Waals surface area contributed by atoms with Gasteiger partial charge < -0.3 is 15.7 Å². The van der Waals surface area contributed by atoms with Gasteiger partial charge in [0.1, 0.15) is 0 Å². The van der Waals surface area contributed by atoms with Crippen molar-refractivity contribution in [1.29, 1.82) is 0 Å². The molecule has 0 aliphatic carbocycles. The van der Waals surface area contributed by atoms with E-state index < -0.39 is 47.4 Å². The van der Waals surface area contributed by atoms with E-state index in [4.69, 9.17) is 0 Å². The first kappa shape index (κ1) is 29.6. The summed E-state index contributed by atoms with van der Waals surface area (Å²) in [7, 11) is 0. The summed E-state index contributed by atoms with van der Waals surface area (Å²) >= 11 is 1.30. The third kappa shape index (κ3) is 7.21. The molecule has 1 atom stereocenters. The average molecular weight is 548 g/mol. The van der Waals surface area contributed by atoms with Crippen LogP contribution in [0.15, 0.2) is 36.4 Å². The lowest BCUT2D eigenvalue weighted by Crippen LogP contribution is -2.48. The van der Waals surface area contributed by atoms with Crippen molar-refractivity contribution in [3.8, 4) is 0 Å². The first-order chi connectivity index (χ1) is 16.4. The second kappa shape index (κ2) is 10.8. The number of aryl methyl sites for hydroxylation is 1. The second-order valence-electron chi connectivity index (χ2n) is 7.86. The monoisotopic (exact) mass is 548 g/mol. The van der Waals surface area contributed by atoms with Gasteiger partial charge in [-0.15, -0.1) is 0 Å². The third-order valence-electron chi connectivity index (χ3n) is 5.18. The van der Waals surface area contributed by atoms with Crippen LogP contribution in [-0.2, 0) is 29.3 Å². The van der Waals surface area contributed by atoms with E-state index in [-0.39, 0.29) is 42.1 Å². The lowest BCUT2D eigenvalue weighted by molar-refractivity contribution is -0.261. The van der Waals surface area contributed by atoms with Gasteiger partial charge in [-0.3, -0.25) is 4.79 Å². The maximum Gasteiger partial charge on any atom is 0.423 e. The van der Waals surface area contributed by atoms with E-state index in [9.17, 15) is 49.4 Å². The molecule has 0 aromatic heterocycles. The molecule has 36 heavy (non-hydrogen) atoms. The number of carbonyl (C=O) groups excluding carboxylic acids is 1. The summed E-state index contributed by atoms with van der Waals surface area (Å²) in [5.74, 6) is -0.0148. The minimum atomic E-state index is -5.64. The number of nitrogens with one attached hydrogen (secondary N) is 2. The Balaban J connectivity index is 2.39. The lowest BCUT2D eigenvalue weighted by atomic mass is 9.89. The molecule has 4 nitrogen and oxygen atoms in total. The van der Waals surface area contributed by atoms with Gasteiger partial charge in [0.25, 0.3) is 0 Å². The number of aliphatic hydroxyl groups is 1. The van der Waals surface area contributed by atoms with Gasteiger partial charge in [0.05, 0.1) is 23.4 Å². The number of amides is 1. The van der Waals surface area contributed by atoms with Gasteiger partial charge in [0.2, 0.25) is 11.5 Å². The molecular formula is C22H21F9N2O2S. The number of hydrogen-bond donors (Lipinski definition) is 3. The molecule has 0 bridgehead atoms. The molecule has 0 saturated heterocycles. The normalized spacial score (nSPS) is 14.3. The SMILES string of the molecule is CSCC(=O)NCc1ccc(NC[C@@](O)(c2cc(C(F)(F)F)cc(C(F)(F)F)c2)C(F)(F)F)cc1C. The molecule has 2 rings (SSSR count). The van der Waals surface area contributed by atoms with Gasteiger partial charge in [-0.25, -0.2) is 0 Å². The predicted molar refractivity (Wildman–Crippen MR) is 116 cm³/mol. The van der Waals surface area contributed by atoms with Crippen LogP contribution in [0.25, 0.3) is 0 Å². The van der Waals surface area contributed by atoms with Crippen LogP contribution in [0.3, 0.4) is 0 Å². The molecule has 0 aliphatic heterocycles. The van der Waals surface area contributed by atoms with Crippen LogP contribution in [0.4, 0.5) is 45.2 Å². The quantitative estimate of drug-likeness (QED) is 0.361. The Hall–Kier alpha value is -2.61. The molecule has 0 aliphatic rings. The summed E-state index contributed by atoms with van der Waals surface area (Å²) in [5.41, 5.74) is -8.52. The summed E-state index contributed by atoms with van der Waals surface area (Å²) < 4.78 is 120. The zero-order valence-corrected chi connectivity index (χ0v) is 19.6. The van der Waals surface area contributed by atoms with Crippen LogP contribution in [0, 0.1) is 6.92 Å². The smallest absolute Gasteiger partial charge is 0.381 e. The van der Waals surface area contributed by atoms with Gasteiger partial charge >= 0.3 is 18.5 Å². The first-order valence-corrected chi connectivity index (χ1v) is 11.5. The maximum atomic E-state index is 13.8. The van der Waals surface area contributed by atoms with Crippen molar-refractivity contribution < 1.29 is 49.4 Å². The van der Waals surface area contributed by atoms with Crippen LogP contribution in [0.2, 0.25) is 0 Å². The van der Waals surface area contributed by atoms with Gasteiger partial charge in [-0.1, -0.05) is 6.07 Å². The van der Waals surface area contributed by atoms with Crippen LogP contribution < -0.4 is 10.6 Å². The number of halogens is 9. The van der Waals surface area contributed by atoms with Gasteiger partial charge in [0, 0.05) is 12.2 Å². The lowest BCUT2D eigenvalue weighted by Gasteiger charge is -2.32. The highest BCUT2D eigenvalue weighted by molar-refractivity contribution is 7.99. The summed E-state index contributed by atoms with van der Waals surface area (Å²) in [5, 5.41) is 15.3. The van der Waals surface area contributed by atoms with E-state index in [0.29, 0.717) is 11.1 Å². The average Bonchev–Trinajstić information content (AvgIpc) is 2.74. The molecule has 2 aromatic rings. The standard InChI is InChI=1S/C22H21F9N2O2S/c1-12-5-17(4-3-13(12)9-32-18(34)10-36-2)33-11-19(35,22(29,30)31)14-6-15(20(23,24)25)8-16(7-14)21(26,27)28/h3-8,33,35H,9-11H2,1-2H3,(H,32,34)/t19-/m1/s1. The van der Waals surface area contributed by atoms with Crippen molar-refractivity contribution in [2.24, 2.45) is 0 Å². The molecule has 2 aromatic carbocycles. The number of alkyl halides is 9. The minimum Gasteiger partial charge on any atom is -0.381 e. The topological polar surface area (TPSA) is 61.4 Å². The van der Waals surface area contributed by atoms with Gasteiger partial charge in [0.15, 0.2) is 0 Å². The van der Waals surface area contributed by atoms with Crippen LogP contribution in [-0.4, -0.2) is 35.7 Å². The van der Waals surface area contributed by atoms with E-state index in [1.807, 2.05) is 0 Å². The Labute approximate surface area is 204 Å². The largest absolute Gasteiger partial charge is 0.423 e. The maximum absolute atomic E-state index is 13.8. The molecule has 0 unspecified atom stereocenters. The van der Waals surface area contributed by atoms with Crippen molar-refractivity contribution >= 4 is 23.4 Å². The minimum absolute atomic E-state index is 0.0115. The highest BCUT2D eigenvalue weighted by atomic mass is 32.2. The third-order valence-corrected chi connectivity index (χ3v) is 5.73. The van der Waals surface area contributed by atoms with Crippen molar-refractivity contribution in [1.82, 2.24) is 5.32 Å². The van der Waals surface area contributed by atoms with Crippen molar-refractivity contribution in [2.75, 3.05) is 23.9 Å². The fourth-order valence-corrected chi connectivity index (χ4v) is 3.53. The number of carbonyl (C=O) groups is 1. The Morgan fingerprint density at radius 3 is 1.86 bits per heavy atom. The van der Waals surface area contributed by atoms with E-state index in [0.717, 1.165) is 0 Å². The predicted octanol–water partition coefficient (Wildman–Crippen LogP) is 5.87. The summed E-state index contributed by atoms with van der Waals surface area (Å²) in [6.45, 7) is 0.237. The zero-order chi connectivity index (χ0) is 27.5. The molecular weight excluding hydrogens is 527 g/mol. The number of anilines is 1. The highest BCUT2D eigenvalue weighted by Crippen LogP contribution is 2.44. The number of hydrogen-bond acceptors (Lipinski definition) is 4. The summed E-state index contributed by atoms with van der Waals surface area (Å²) in [4.78, 5) is 11.6. The fraction of sp³-hybridized carbons (Fsp3) is 0.409. The fourth-order valence-electron chi connectivity index (χ4n) is 3.17. The zero-order valence-electron chi connectivity index (χ0n) is 18.8. The molecule has 0 heterocycles. The summed E-state index contributed by atoms with van der Waals surface area (Å²) in [6.07, 6.45) is -14.7.